The quantitative estimate of drug-likeness (QED) is 0.664. The second-order valence-corrected chi connectivity index (χ2v) is 4.68. The third-order valence-corrected chi connectivity index (χ3v) is 2.79. The summed E-state index contributed by atoms with van der Waals surface area (Å²) in [6.45, 7) is 12.1. The Balaban J connectivity index is 3.98. The van der Waals surface area contributed by atoms with Gasteiger partial charge in [-0.2, -0.15) is 0 Å². The second kappa shape index (κ2) is 7.63. The van der Waals surface area contributed by atoms with Crippen LogP contribution in [0.1, 0.15) is 41.0 Å². The summed E-state index contributed by atoms with van der Waals surface area (Å²) in [4.78, 5) is 13.1. The zero-order valence-corrected chi connectivity index (χ0v) is 11.2. The molecule has 0 rings (SSSR count). The summed E-state index contributed by atoms with van der Waals surface area (Å²) in [7, 11) is 0. The van der Waals surface area contributed by atoms with Crippen LogP contribution in [0.25, 0.3) is 0 Å². The molecule has 0 fully saturated rings. The predicted molar refractivity (Wildman–Crippen MR) is 66.7 cm³/mol. The molecule has 16 heavy (non-hydrogen) atoms. The van der Waals surface area contributed by atoms with Crippen molar-refractivity contribution in [1.29, 1.82) is 0 Å². The molecule has 96 valence electrons. The van der Waals surface area contributed by atoms with Crippen molar-refractivity contribution in [3.63, 3.8) is 0 Å². The molecule has 0 aromatic carbocycles. The minimum atomic E-state index is -0.761. The van der Waals surface area contributed by atoms with E-state index in [1.54, 1.807) is 0 Å². The molecule has 0 aliphatic carbocycles. The highest BCUT2D eigenvalue weighted by Crippen LogP contribution is 2.03. The van der Waals surface area contributed by atoms with Gasteiger partial charge in [0.1, 0.15) is 6.04 Å². The van der Waals surface area contributed by atoms with Crippen molar-refractivity contribution in [1.82, 2.24) is 10.2 Å². The lowest BCUT2D eigenvalue weighted by Crippen LogP contribution is -2.45. The van der Waals surface area contributed by atoms with E-state index in [1.807, 2.05) is 6.92 Å². The minimum absolute atomic E-state index is 0.416. The predicted octanol–water partition coefficient (Wildman–Crippen LogP) is 1.56. The van der Waals surface area contributed by atoms with Crippen molar-refractivity contribution in [3.05, 3.63) is 0 Å². The average Bonchev–Trinajstić information content (AvgIpc) is 2.15. The van der Waals surface area contributed by atoms with Crippen LogP contribution in [-0.4, -0.2) is 47.2 Å². The number of aliphatic carboxylic acids is 1. The molecule has 2 N–H and O–H groups in total. The fourth-order valence-corrected chi connectivity index (χ4v) is 1.89. The summed E-state index contributed by atoms with van der Waals surface area (Å²) in [5, 5.41) is 11.9. The average molecular weight is 230 g/mol. The summed E-state index contributed by atoms with van der Waals surface area (Å²) in [5.41, 5.74) is 0. The molecule has 0 aliphatic heterocycles. The van der Waals surface area contributed by atoms with Gasteiger partial charge in [-0.1, -0.05) is 6.92 Å². The number of nitrogens with zero attached hydrogens (tertiary/aromatic N) is 1. The van der Waals surface area contributed by atoms with Gasteiger partial charge in [0.05, 0.1) is 0 Å². The van der Waals surface area contributed by atoms with E-state index >= 15 is 0 Å². The first kappa shape index (κ1) is 15.4. The van der Waals surface area contributed by atoms with Crippen LogP contribution < -0.4 is 5.32 Å². The molecule has 0 saturated heterocycles. The van der Waals surface area contributed by atoms with Gasteiger partial charge in [0.25, 0.3) is 0 Å². The van der Waals surface area contributed by atoms with Crippen LogP contribution >= 0.6 is 0 Å². The lowest BCUT2D eigenvalue weighted by Gasteiger charge is -2.30. The number of nitrogens with one attached hydrogen (secondary N) is 1. The largest absolute Gasteiger partial charge is 0.480 e. The smallest absolute Gasteiger partial charge is 0.320 e. The van der Waals surface area contributed by atoms with Crippen LogP contribution in [0.5, 0.6) is 0 Å². The Hall–Kier alpha value is -0.610. The second-order valence-electron chi connectivity index (χ2n) is 4.68. The first-order valence-corrected chi connectivity index (χ1v) is 6.12. The van der Waals surface area contributed by atoms with Gasteiger partial charge >= 0.3 is 5.97 Å². The summed E-state index contributed by atoms with van der Waals surface area (Å²) < 4.78 is 0. The molecule has 0 aromatic heterocycles. The SMILES string of the molecule is CCC(NCCN(C(C)C)C(C)C)C(=O)O. The number of hydrogen-bond acceptors (Lipinski definition) is 3. The Morgan fingerprint density at radius 1 is 1.25 bits per heavy atom. The van der Waals surface area contributed by atoms with Crippen LogP contribution in [0.4, 0.5) is 0 Å². The highest BCUT2D eigenvalue weighted by atomic mass is 16.4. The van der Waals surface area contributed by atoms with E-state index in [0.29, 0.717) is 18.5 Å². The van der Waals surface area contributed by atoms with Crippen molar-refractivity contribution in [2.45, 2.75) is 59.2 Å². The molecule has 0 spiro atoms. The molecule has 0 radical (unpaired) electrons. The Bertz CT molecular complexity index is 197. The van der Waals surface area contributed by atoms with Crippen LogP contribution in [0.2, 0.25) is 0 Å². The zero-order valence-electron chi connectivity index (χ0n) is 11.2. The number of carbonyl (C=O) groups is 1. The molecule has 4 heteroatoms. The third-order valence-electron chi connectivity index (χ3n) is 2.79. The maximum Gasteiger partial charge on any atom is 0.320 e. The van der Waals surface area contributed by atoms with Crippen LogP contribution in [-0.2, 0) is 4.79 Å². The summed E-state index contributed by atoms with van der Waals surface area (Å²) in [6.07, 6.45) is 0.624. The molecule has 0 aliphatic rings. The van der Waals surface area contributed by atoms with Crippen molar-refractivity contribution in [3.8, 4) is 0 Å². The Kier molecular flexibility index (Phi) is 7.34. The molecule has 0 aromatic rings. The zero-order chi connectivity index (χ0) is 12.7. The standard InChI is InChI=1S/C12H26N2O2/c1-6-11(12(15)16)13-7-8-14(9(2)3)10(4)5/h9-11,13H,6-8H2,1-5H3,(H,15,16). The van der Waals surface area contributed by atoms with E-state index in [0.717, 1.165) is 13.1 Å². The summed E-state index contributed by atoms with van der Waals surface area (Å²) >= 11 is 0. The van der Waals surface area contributed by atoms with Gasteiger partial charge in [-0.15, -0.1) is 0 Å². The van der Waals surface area contributed by atoms with Crippen molar-refractivity contribution < 1.29 is 9.90 Å². The van der Waals surface area contributed by atoms with E-state index in [9.17, 15) is 4.79 Å². The van der Waals surface area contributed by atoms with Crippen LogP contribution in [0.3, 0.4) is 0 Å². The van der Waals surface area contributed by atoms with Gasteiger partial charge in [-0.25, -0.2) is 0 Å². The Labute approximate surface area is 99.0 Å². The Morgan fingerprint density at radius 2 is 1.75 bits per heavy atom. The van der Waals surface area contributed by atoms with E-state index in [-0.39, 0.29) is 0 Å². The van der Waals surface area contributed by atoms with Gasteiger partial charge < -0.3 is 10.4 Å². The summed E-state index contributed by atoms with van der Waals surface area (Å²) in [5.74, 6) is -0.761. The van der Waals surface area contributed by atoms with Gasteiger partial charge in [0.2, 0.25) is 0 Å². The monoisotopic (exact) mass is 230 g/mol. The van der Waals surface area contributed by atoms with Crippen molar-refractivity contribution in [2.75, 3.05) is 13.1 Å². The molecule has 4 nitrogen and oxygen atoms in total. The van der Waals surface area contributed by atoms with E-state index in [1.165, 1.54) is 0 Å². The number of carboxylic acid groups (broad SMARTS) is 1. The fourth-order valence-electron chi connectivity index (χ4n) is 1.89. The summed E-state index contributed by atoms with van der Waals surface area (Å²) in [6, 6.07) is 0.569. The molecule has 1 unspecified atom stereocenters. The molecule has 0 saturated carbocycles. The van der Waals surface area contributed by atoms with E-state index in [2.05, 4.69) is 37.9 Å². The molecular weight excluding hydrogens is 204 g/mol. The third kappa shape index (κ3) is 5.47. The van der Waals surface area contributed by atoms with Gasteiger partial charge in [-0.3, -0.25) is 9.69 Å². The van der Waals surface area contributed by atoms with Crippen LogP contribution in [0, 0.1) is 0 Å². The maximum atomic E-state index is 10.8. The lowest BCUT2D eigenvalue weighted by atomic mass is 10.2. The highest BCUT2D eigenvalue weighted by molar-refractivity contribution is 5.73. The van der Waals surface area contributed by atoms with Crippen LogP contribution in [0.15, 0.2) is 0 Å². The number of rotatable bonds is 8. The first-order valence-electron chi connectivity index (χ1n) is 6.12. The van der Waals surface area contributed by atoms with E-state index < -0.39 is 12.0 Å². The molecule has 1 atom stereocenters. The molecular formula is C12H26N2O2. The number of hydrogen-bond donors (Lipinski definition) is 2. The molecule has 0 amide bonds. The normalized spacial score (nSPS) is 13.8. The van der Waals surface area contributed by atoms with Gasteiger partial charge in [0.15, 0.2) is 0 Å². The van der Waals surface area contributed by atoms with Crippen molar-refractivity contribution >= 4 is 5.97 Å². The maximum absolute atomic E-state index is 10.8. The van der Waals surface area contributed by atoms with Gasteiger partial charge in [0, 0.05) is 25.2 Å². The first-order chi connectivity index (χ1) is 7.40. The van der Waals surface area contributed by atoms with Gasteiger partial charge in [-0.05, 0) is 34.1 Å². The fraction of sp³-hybridized carbons (Fsp3) is 0.917. The highest BCUT2D eigenvalue weighted by Gasteiger charge is 2.16. The van der Waals surface area contributed by atoms with Crippen molar-refractivity contribution in [2.24, 2.45) is 0 Å². The van der Waals surface area contributed by atoms with E-state index in [4.69, 9.17) is 5.11 Å². The Morgan fingerprint density at radius 3 is 2.06 bits per heavy atom. The topological polar surface area (TPSA) is 52.6 Å². The molecule has 0 heterocycles. The number of carboxylic acids is 1. The lowest BCUT2D eigenvalue weighted by molar-refractivity contribution is -0.139. The molecule has 0 bridgehead atoms. The minimum Gasteiger partial charge on any atom is -0.480 e.